The first kappa shape index (κ1) is 11.3. The van der Waals surface area contributed by atoms with Gasteiger partial charge in [0, 0.05) is 0 Å². The molecule has 0 aliphatic rings. The van der Waals surface area contributed by atoms with Crippen LogP contribution in [0.4, 0.5) is 0 Å². The SMILES string of the molecule is CCCC/C=C/C(C)=C(\C)OC. The van der Waals surface area contributed by atoms with Crippen LogP contribution in [0.3, 0.4) is 0 Å². The van der Waals surface area contributed by atoms with Crippen LogP contribution in [0.25, 0.3) is 0 Å². The third-order valence-electron chi connectivity index (χ3n) is 1.95. The van der Waals surface area contributed by atoms with E-state index in [-0.39, 0.29) is 0 Å². The van der Waals surface area contributed by atoms with Gasteiger partial charge in [0.2, 0.25) is 0 Å². The minimum Gasteiger partial charge on any atom is -0.501 e. The molecule has 0 aromatic heterocycles. The van der Waals surface area contributed by atoms with Crippen LogP contribution in [-0.4, -0.2) is 7.11 Å². The molecule has 0 aliphatic carbocycles. The lowest BCUT2D eigenvalue weighted by atomic mass is 10.2. The van der Waals surface area contributed by atoms with Gasteiger partial charge >= 0.3 is 0 Å². The molecule has 0 fully saturated rings. The summed E-state index contributed by atoms with van der Waals surface area (Å²) in [6, 6.07) is 0. The molecule has 70 valence electrons. The fourth-order valence-electron chi connectivity index (χ4n) is 0.860. The van der Waals surface area contributed by atoms with Gasteiger partial charge in [-0.2, -0.15) is 0 Å². The number of methoxy groups -OCH3 is 1. The summed E-state index contributed by atoms with van der Waals surface area (Å²) < 4.78 is 5.10. The molecule has 0 atom stereocenters. The first-order valence-corrected chi connectivity index (χ1v) is 4.60. The molecular weight excluding hydrogens is 148 g/mol. The minimum atomic E-state index is 1.00. The number of ether oxygens (including phenoxy) is 1. The maximum Gasteiger partial charge on any atom is 0.0953 e. The topological polar surface area (TPSA) is 9.23 Å². The number of unbranched alkanes of at least 4 members (excludes halogenated alkanes) is 2. The van der Waals surface area contributed by atoms with Crippen LogP contribution in [-0.2, 0) is 4.74 Å². The zero-order valence-corrected chi connectivity index (χ0v) is 8.68. The van der Waals surface area contributed by atoms with Crippen molar-refractivity contribution in [2.24, 2.45) is 0 Å². The van der Waals surface area contributed by atoms with Crippen molar-refractivity contribution >= 4 is 0 Å². The van der Waals surface area contributed by atoms with E-state index in [4.69, 9.17) is 4.74 Å². The van der Waals surface area contributed by atoms with Crippen molar-refractivity contribution < 1.29 is 4.74 Å². The second-order valence-electron chi connectivity index (χ2n) is 2.99. The van der Waals surface area contributed by atoms with Gasteiger partial charge in [0.15, 0.2) is 0 Å². The molecule has 0 unspecified atom stereocenters. The Labute approximate surface area is 76.1 Å². The normalized spacial score (nSPS) is 13.3. The summed E-state index contributed by atoms with van der Waals surface area (Å²) in [5.74, 6) is 1.00. The quantitative estimate of drug-likeness (QED) is 0.346. The van der Waals surface area contributed by atoms with Crippen molar-refractivity contribution in [3.05, 3.63) is 23.5 Å². The van der Waals surface area contributed by atoms with Gasteiger partial charge in [-0.1, -0.05) is 31.9 Å². The molecule has 0 heterocycles. The Morgan fingerprint density at radius 2 is 2.00 bits per heavy atom. The Hall–Kier alpha value is -0.720. The number of allylic oxidation sites excluding steroid dienone is 4. The van der Waals surface area contributed by atoms with Crippen LogP contribution in [0.2, 0.25) is 0 Å². The van der Waals surface area contributed by atoms with E-state index < -0.39 is 0 Å². The highest BCUT2D eigenvalue weighted by Crippen LogP contribution is 2.06. The first-order chi connectivity index (χ1) is 5.72. The zero-order valence-electron chi connectivity index (χ0n) is 8.68. The number of hydrogen-bond acceptors (Lipinski definition) is 1. The Morgan fingerprint density at radius 1 is 1.33 bits per heavy atom. The van der Waals surface area contributed by atoms with Crippen molar-refractivity contribution in [3.8, 4) is 0 Å². The summed E-state index contributed by atoms with van der Waals surface area (Å²) in [6.45, 7) is 6.26. The van der Waals surface area contributed by atoms with Crippen molar-refractivity contribution in [3.63, 3.8) is 0 Å². The van der Waals surface area contributed by atoms with E-state index in [0.717, 1.165) is 5.76 Å². The second kappa shape index (κ2) is 6.96. The maximum atomic E-state index is 5.10. The molecule has 1 heteroatoms. The zero-order chi connectivity index (χ0) is 9.40. The lowest BCUT2D eigenvalue weighted by Crippen LogP contribution is -1.83. The van der Waals surface area contributed by atoms with Gasteiger partial charge in [-0.15, -0.1) is 0 Å². The Balaban J connectivity index is 3.82. The molecule has 0 bridgehead atoms. The van der Waals surface area contributed by atoms with Crippen LogP contribution in [0.5, 0.6) is 0 Å². The average Bonchev–Trinajstić information content (AvgIpc) is 2.10. The third-order valence-corrected chi connectivity index (χ3v) is 1.95. The number of rotatable bonds is 5. The molecule has 0 saturated heterocycles. The molecule has 0 spiro atoms. The van der Waals surface area contributed by atoms with E-state index in [1.54, 1.807) is 7.11 Å². The van der Waals surface area contributed by atoms with E-state index >= 15 is 0 Å². The summed E-state index contributed by atoms with van der Waals surface area (Å²) >= 11 is 0. The first-order valence-electron chi connectivity index (χ1n) is 4.60. The summed E-state index contributed by atoms with van der Waals surface area (Å²) in [7, 11) is 1.71. The van der Waals surface area contributed by atoms with Gasteiger partial charge in [-0.05, 0) is 25.8 Å². The molecule has 0 aromatic rings. The molecule has 0 amide bonds. The molecule has 0 radical (unpaired) electrons. The lowest BCUT2D eigenvalue weighted by Gasteiger charge is -2.00. The molecule has 0 saturated carbocycles. The standard InChI is InChI=1S/C11H20O/c1-5-6-7-8-9-10(2)11(3)12-4/h8-9H,5-7H2,1-4H3/b9-8+,11-10+. The van der Waals surface area contributed by atoms with Gasteiger partial charge in [0.25, 0.3) is 0 Å². The molecule has 0 rings (SSSR count). The van der Waals surface area contributed by atoms with Crippen molar-refractivity contribution in [2.45, 2.75) is 40.0 Å². The molecule has 12 heavy (non-hydrogen) atoms. The van der Waals surface area contributed by atoms with Gasteiger partial charge in [-0.25, -0.2) is 0 Å². The molecule has 0 aliphatic heterocycles. The smallest absolute Gasteiger partial charge is 0.0953 e. The fraction of sp³-hybridized carbons (Fsp3) is 0.636. The van der Waals surface area contributed by atoms with E-state index in [0.29, 0.717) is 0 Å². The highest BCUT2D eigenvalue weighted by atomic mass is 16.5. The highest BCUT2D eigenvalue weighted by Gasteiger charge is 1.89. The average molecular weight is 168 g/mol. The fourth-order valence-corrected chi connectivity index (χ4v) is 0.860. The van der Waals surface area contributed by atoms with Crippen LogP contribution in [0, 0.1) is 0 Å². The lowest BCUT2D eigenvalue weighted by molar-refractivity contribution is 0.290. The number of hydrogen-bond donors (Lipinski definition) is 0. The minimum absolute atomic E-state index is 1.00. The molecular formula is C11H20O. The van der Waals surface area contributed by atoms with Crippen LogP contribution >= 0.6 is 0 Å². The summed E-state index contributed by atoms with van der Waals surface area (Å²) in [5, 5.41) is 0. The van der Waals surface area contributed by atoms with Gasteiger partial charge < -0.3 is 4.74 Å². The predicted molar refractivity (Wildman–Crippen MR) is 54.0 cm³/mol. The largest absolute Gasteiger partial charge is 0.501 e. The van der Waals surface area contributed by atoms with Crippen molar-refractivity contribution in [1.29, 1.82) is 0 Å². The van der Waals surface area contributed by atoms with Crippen molar-refractivity contribution in [1.82, 2.24) is 0 Å². The Bertz CT molecular complexity index is 166. The van der Waals surface area contributed by atoms with Crippen molar-refractivity contribution in [2.75, 3.05) is 7.11 Å². The van der Waals surface area contributed by atoms with Gasteiger partial charge in [0.05, 0.1) is 12.9 Å². The van der Waals surface area contributed by atoms with E-state index in [9.17, 15) is 0 Å². The maximum absolute atomic E-state index is 5.10. The predicted octanol–water partition coefficient (Wildman–Crippen LogP) is 3.67. The second-order valence-corrected chi connectivity index (χ2v) is 2.99. The van der Waals surface area contributed by atoms with Gasteiger partial charge in [-0.3, -0.25) is 0 Å². The van der Waals surface area contributed by atoms with E-state index in [1.807, 2.05) is 6.92 Å². The Morgan fingerprint density at radius 3 is 2.50 bits per heavy atom. The van der Waals surface area contributed by atoms with E-state index in [1.165, 1.54) is 24.8 Å². The summed E-state index contributed by atoms with van der Waals surface area (Å²) in [5.41, 5.74) is 1.22. The molecule has 0 N–H and O–H groups in total. The monoisotopic (exact) mass is 168 g/mol. The molecule has 1 nitrogen and oxygen atoms in total. The van der Waals surface area contributed by atoms with E-state index in [2.05, 4.69) is 26.0 Å². The third kappa shape index (κ3) is 5.00. The highest BCUT2D eigenvalue weighted by molar-refractivity contribution is 5.18. The van der Waals surface area contributed by atoms with Crippen LogP contribution in [0.15, 0.2) is 23.5 Å². The van der Waals surface area contributed by atoms with Crippen LogP contribution < -0.4 is 0 Å². The Kier molecular flexibility index (Phi) is 6.54. The van der Waals surface area contributed by atoms with Crippen LogP contribution in [0.1, 0.15) is 40.0 Å². The summed E-state index contributed by atoms with van der Waals surface area (Å²) in [4.78, 5) is 0. The summed E-state index contributed by atoms with van der Waals surface area (Å²) in [6.07, 6.45) is 8.05. The van der Waals surface area contributed by atoms with Gasteiger partial charge in [0.1, 0.15) is 0 Å². The molecule has 0 aromatic carbocycles.